The molecule has 5 unspecified atom stereocenters. The van der Waals surface area contributed by atoms with Gasteiger partial charge in [-0.3, -0.25) is 14.5 Å². The van der Waals surface area contributed by atoms with Crippen LogP contribution in [0.1, 0.15) is 65.5 Å². The van der Waals surface area contributed by atoms with Crippen LogP contribution in [0.3, 0.4) is 0 Å². The number of aliphatic hydroxyl groups is 1. The number of ether oxygens (including phenoxy) is 2. The maximum atomic E-state index is 13.1. The van der Waals surface area contributed by atoms with E-state index in [1.165, 1.54) is 11.1 Å². The summed E-state index contributed by atoms with van der Waals surface area (Å²) in [6.07, 6.45) is -5.74. The Morgan fingerprint density at radius 3 is 2.02 bits per heavy atom. The van der Waals surface area contributed by atoms with Gasteiger partial charge < -0.3 is 24.8 Å². The molecule has 0 radical (unpaired) electrons. The molecule has 7 rings (SSSR count). The van der Waals surface area contributed by atoms with Gasteiger partial charge in [0.1, 0.15) is 6.04 Å². The van der Waals surface area contributed by atoms with Crippen molar-refractivity contribution in [2.75, 3.05) is 13.1 Å². The molecule has 5 aromatic rings. The second-order valence-corrected chi connectivity index (χ2v) is 15.2. The van der Waals surface area contributed by atoms with Crippen LogP contribution >= 0.6 is 0 Å². The Hall–Kier alpha value is -5.33. The number of hydrogen-bond acceptors (Lipinski definition) is 6. The predicted octanol–water partition coefficient (Wildman–Crippen LogP) is 8.51. The lowest BCUT2D eigenvalue weighted by atomic mass is 9.89. The van der Waals surface area contributed by atoms with E-state index in [2.05, 4.69) is 65.7 Å². The molecule has 2 amide bonds. The molecule has 58 heavy (non-hydrogen) atoms. The highest BCUT2D eigenvalue weighted by Crippen LogP contribution is 2.43. The molecule has 0 saturated carbocycles. The summed E-state index contributed by atoms with van der Waals surface area (Å²) in [6.45, 7) is 4.21. The van der Waals surface area contributed by atoms with E-state index in [-0.39, 0.29) is 44.2 Å². The number of amides is 2. The monoisotopic (exact) mass is 791 g/mol. The van der Waals surface area contributed by atoms with E-state index in [0.717, 1.165) is 46.5 Å². The number of hydrogen-bond donors (Lipinski definition) is 2. The third kappa shape index (κ3) is 10.0. The number of rotatable bonds is 13. The van der Waals surface area contributed by atoms with E-state index in [1.807, 2.05) is 84.9 Å². The second kappa shape index (κ2) is 18.5. The highest BCUT2D eigenvalue weighted by molar-refractivity contribution is 5.90. The number of halogens is 3. The molecule has 2 aliphatic rings. The number of nitrogens with one attached hydrogen (secondary N) is 1. The molecule has 8 nitrogen and oxygen atoms in total. The molecule has 0 spiro atoms. The average Bonchev–Trinajstić information content (AvgIpc) is 3.74. The van der Waals surface area contributed by atoms with Crippen molar-refractivity contribution in [2.24, 2.45) is 5.92 Å². The molecule has 11 heteroatoms. The van der Waals surface area contributed by atoms with Crippen molar-refractivity contribution in [1.82, 2.24) is 15.1 Å². The number of carbonyl (C=O) groups is 2. The van der Waals surface area contributed by atoms with Crippen molar-refractivity contribution >= 4 is 11.8 Å². The average molecular weight is 792 g/mol. The highest BCUT2D eigenvalue weighted by atomic mass is 19.4. The molecule has 5 atom stereocenters. The van der Waals surface area contributed by atoms with Crippen molar-refractivity contribution in [1.29, 1.82) is 0 Å². The van der Waals surface area contributed by atoms with Crippen LogP contribution < -0.4 is 5.32 Å². The van der Waals surface area contributed by atoms with Gasteiger partial charge >= 0.3 is 12.1 Å². The quantitative estimate of drug-likeness (QED) is 0.124. The molecule has 0 bridgehead atoms. The van der Waals surface area contributed by atoms with Crippen LogP contribution in [0.2, 0.25) is 0 Å². The van der Waals surface area contributed by atoms with Gasteiger partial charge in [0.15, 0.2) is 6.29 Å². The smallest absolute Gasteiger partial charge is 0.392 e. The zero-order chi connectivity index (χ0) is 40.6. The molecule has 0 aliphatic carbocycles. The van der Waals surface area contributed by atoms with Gasteiger partial charge in [-0.15, -0.1) is 0 Å². The predicted molar refractivity (Wildman–Crippen MR) is 214 cm³/mol. The van der Waals surface area contributed by atoms with Crippen LogP contribution in [0.25, 0.3) is 11.1 Å². The van der Waals surface area contributed by atoms with Gasteiger partial charge in [-0.2, -0.15) is 13.2 Å². The van der Waals surface area contributed by atoms with Crippen LogP contribution in [0, 0.1) is 5.92 Å². The Morgan fingerprint density at radius 1 is 0.759 bits per heavy atom. The Labute approximate surface area is 337 Å². The zero-order valence-corrected chi connectivity index (χ0v) is 32.4. The summed E-state index contributed by atoms with van der Waals surface area (Å²) in [6, 6.07) is 43.1. The molecule has 2 heterocycles. The Balaban J connectivity index is 1.11. The number of alkyl halides is 3. The van der Waals surface area contributed by atoms with Crippen molar-refractivity contribution in [3.05, 3.63) is 167 Å². The first kappa shape index (κ1) is 40.9. The fourth-order valence-corrected chi connectivity index (χ4v) is 7.93. The summed E-state index contributed by atoms with van der Waals surface area (Å²) >= 11 is 0. The number of likely N-dealkylation sites (tertiary alicyclic amines) is 1. The fourth-order valence-electron chi connectivity index (χ4n) is 7.93. The van der Waals surface area contributed by atoms with Crippen molar-refractivity contribution in [3.8, 4) is 11.1 Å². The maximum Gasteiger partial charge on any atom is 0.471 e. The molecule has 2 fully saturated rings. The number of benzene rings is 5. The summed E-state index contributed by atoms with van der Waals surface area (Å²) in [5, 5.41) is 12.5. The Kier molecular flexibility index (Phi) is 13.0. The van der Waals surface area contributed by atoms with Gasteiger partial charge in [0.05, 0.1) is 18.8 Å². The molecule has 2 aliphatic heterocycles. The molecular weight excluding hydrogens is 744 g/mol. The number of carbonyl (C=O) groups excluding carboxylic acids is 2. The van der Waals surface area contributed by atoms with Gasteiger partial charge in [-0.25, -0.2) is 0 Å². The van der Waals surface area contributed by atoms with Crippen LogP contribution in [0.5, 0.6) is 0 Å². The lowest BCUT2D eigenvalue weighted by Gasteiger charge is -2.43. The van der Waals surface area contributed by atoms with E-state index in [4.69, 9.17) is 9.47 Å². The van der Waals surface area contributed by atoms with E-state index >= 15 is 0 Å². The van der Waals surface area contributed by atoms with Gasteiger partial charge in [0.2, 0.25) is 5.91 Å². The molecule has 5 aromatic carbocycles. The minimum atomic E-state index is -5.03. The van der Waals surface area contributed by atoms with Crippen molar-refractivity contribution in [2.45, 2.75) is 76.7 Å². The molecule has 2 saturated heterocycles. The molecule has 302 valence electrons. The number of nitrogens with zero attached hydrogens (tertiary/aromatic N) is 2. The first-order valence-electron chi connectivity index (χ1n) is 19.7. The minimum Gasteiger partial charge on any atom is -0.392 e. The highest BCUT2D eigenvalue weighted by Gasteiger charge is 2.47. The topological polar surface area (TPSA) is 91.3 Å². The Morgan fingerprint density at radius 2 is 1.38 bits per heavy atom. The third-order valence-corrected chi connectivity index (χ3v) is 11.0. The summed E-state index contributed by atoms with van der Waals surface area (Å²) in [5.41, 5.74) is 7.58. The van der Waals surface area contributed by atoms with Gasteiger partial charge in [-0.1, -0.05) is 128 Å². The lowest BCUT2D eigenvalue weighted by Crippen LogP contribution is -2.50. The molecular formula is C47H48F3N3O5. The number of aliphatic hydroxyl groups excluding tert-OH is 1. The van der Waals surface area contributed by atoms with Gasteiger partial charge in [0.25, 0.3) is 0 Å². The van der Waals surface area contributed by atoms with Crippen LogP contribution in [-0.2, 0) is 45.3 Å². The summed E-state index contributed by atoms with van der Waals surface area (Å²) in [7, 11) is 0. The van der Waals surface area contributed by atoms with E-state index in [1.54, 1.807) is 0 Å². The van der Waals surface area contributed by atoms with Crippen LogP contribution in [0.15, 0.2) is 133 Å². The summed E-state index contributed by atoms with van der Waals surface area (Å²) < 4.78 is 53.2. The summed E-state index contributed by atoms with van der Waals surface area (Å²) in [5.74, 6) is -2.62. The van der Waals surface area contributed by atoms with Crippen LogP contribution in [-0.4, -0.2) is 58.1 Å². The zero-order valence-electron chi connectivity index (χ0n) is 32.4. The summed E-state index contributed by atoms with van der Waals surface area (Å²) in [4.78, 5) is 27.9. The van der Waals surface area contributed by atoms with Crippen molar-refractivity contribution in [3.63, 3.8) is 0 Å². The van der Waals surface area contributed by atoms with E-state index < -0.39 is 30.3 Å². The standard InChI is InChI=1S/C47H48F3N3O5/c1-32-42(30-52(28-33-11-4-2-5-12-33)29-34-13-6-3-7-14-34)57-45(58-43(32)37-22-20-35(31-54)21-23-37)40-18-9-17-39(26-40)38-16-8-15-36(25-38)27-51-44(55)41-19-10-24-53(41)46(56)47(48,49)50/h2-9,11-18,20-23,25-26,32,41-43,45,54H,10,19,24,27-31H2,1H3,(H,51,55). The first-order chi connectivity index (χ1) is 28.1. The lowest BCUT2D eigenvalue weighted by molar-refractivity contribution is -0.276. The third-order valence-electron chi connectivity index (χ3n) is 11.0. The first-order valence-corrected chi connectivity index (χ1v) is 19.7. The largest absolute Gasteiger partial charge is 0.471 e. The normalized spacial score (nSPS) is 20.9. The van der Waals surface area contributed by atoms with Crippen molar-refractivity contribution < 1.29 is 37.3 Å². The maximum absolute atomic E-state index is 13.1. The van der Waals surface area contributed by atoms with Gasteiger partial charge in [0, 0.05) is 44.2 Å². The Bertz CT molecular complexity index is 2090. The molecule has 2 N–H and O–H groups in total. The van der Waals surface area contributed by atoms with Crippen LogP contribution in [0.4, 0.5) is 13.2 Å². The fraction of sp³-hybridized carbons (Fsp3) is 0.319. The van der Waals surface area contributed by atoms with E-state index in [9.17, 15) is 27.9 Å². The second-order valence-electron chi connectivity index (χ2n) is 15.2. The SMILES string of the molecule is CC1C(CN(Cc2ccccc2)Cc2ccccc2)OC(c2cccc(-c3cccc(CNC(=O)C4CCCN4C(=O)C(F)(F)F)c3)c2)OC1c1ccc(CO)cc1. The van der Waals surface area contributed by atoms with Gasteiger partial charge in [-0.05, 0) is 63.9 Å². The van der Waals surface area contributed by atoms with E-state index in [0.29, 0.717) is 17.9 Å². The minimum absolute atomic E-state index is 0.0248. The molecule has 0 aromatic heterocycles.